The van der Waals surface area contributed by atoms with Gasteiger partial charge in [-0.05, 0) is 12.8 Å². The predicted molar refractivity (Wildman–Crippen MR) is 65.5 cm³/mol. The van der Waals surface area contributed by atoms with E-state index in [9.17, 15) is 5.11 Å². The largest absolute Gasteiger partial charge is 0.237 e. The van der Waals surface area contributed by atoms with Gasteiger partial charge in [0.1, 0.15) is 0 Å². The molecule has 0 atom stereocenters. The molecule has 0 N–H and O–H groups in total. The first kappa shape index (κ1) is 14.4. The van der Waals surface area contributed by atoms with E-state index in [0.29, 0.717) is 0 Å². The Morgan fingerprint density at radius 1 is 0.571 bits per heavy atom. The average molecular weight is 264 g/mol. The molecule has 0 aromatic rings. The van der Waals surface area contributed by atoms with Gasteiger partial charge in [-0.15, -0.1) is 0 Å². The molecule has 1 radical (unpaired) electrons. The molecule has 0 saturated carbocycles. The average Bonchev–Trinajstić information content (AvgIpc) is 2.21. The van der Waals surface area contributed by atoms with Crippen molar-refractivity contribution in [2.75, 3.05) is 11.9 Å². The summed E-state index contributed by atoms with van der Waals surface area (Å²) in [7, 11) is 0. The maximum Gasteiger partial charge on any atom is 0.0822 e. The summed E-state index contributed by atoms with van der Waals surface area (Å²) in [5, 5.41) is 11.3. The van der Waals surface area contributed by atoms with Crippen LogP contribution in [0.1, 0.15) is 64.2 Å². The first-order chi connectivity index (χ1) is 6.91. The molecule has 0 aliphatic heterocycles. The van der Waals surface area contributed by atoms with E-state index in [4.69, 9.17) is 0 Å². The van der Waals surface area contributed by atoms with Crippen LogP contribution < -0.4 is 0 Å². The van der Waals surface area contributed by atoms with Crippen LogP contribution in [0.4, 0.5) is 0 Å². The smallest absolute Gasteiger partial charge is 0.0822 e. The van der Waals surface area contributed by atoms with Crippen molar-refractivity contribution in [2.45, 2.75) is 64.2 Å². The Kier molecular flexibility index (Phi) is 13.9. The monoisotopic (exact) mass is 263 g/mol. The van der Waals surface area contributed by atoms with Gasteiger partial charge in [-0.3, -0.25) is 0 Å². The van der Waals surface area contributed by atoms with Crippen molar-refractivity contribution in [1.29, 1.82) is 0 Å². The summed E-state index contributed by atoms with van der Waals surface area (Å²) in [4.78, 5) is 0. The van der Waals surface area contributed by atoms with Gasteiger partial charge in [-0.2, -0.15) is 0 Å². The lowest BCUT2D eigenvalue weighted by Crippen LogP contribution is -1.84. The van der Waals surface area contributed by atoms with Gasteiger partial charge in [0.2, 0.25) is 0 Å². The van der Waals surface area contributed by atoms with Crippen LogP contribution >= 0.6 is 15.9 Å². The van der Waals surface area contributed by atoms with Crippen LogP contribution in [0.15, 0.2) is 0 Å². The molecule has 0 aliphatic rings. The molecule has 0 aliphatic carbocycles. The fourth-order valence-electron chi connectivity index (χ4n) is 1.61. The van der Waals surface area contributed by atoms with Crippen molar-refractivity contribution in [1.82, 2.24) is 0 Å². The number of unbranched alkanes of at least 4 members (excludes halogenated alkanes) is 9. The minimum absolute atomic E-state index is 0.118. The molecule has 0 aromatic heterocycles. The second kappa shape index (κ2) is 13.4. The van der Waals surface area contributed by atoms with E-state index in [2.05, 4.69) is 15.9 Å². The van der Waals surface area contributed by atoms with Crippen LogP contribution in [0.5, 0.6) is 0 Å². The highest BCUT2D eigenvalue weighted by molar-refractivity contribution is 9.09. The van der Waals surface area contributed by atoms with Gasteiger partial charge < -0.3 is 0 Å². The highest BCUT2D eigenvalue weighted by Gasteiger charge is 1.92. The van der Waals surface area contributed by atoms with E-state index in [-0.39, 0.29) is 6.61 Å². The molecule has 0 saturated heterocycles. The summed E-state index contributed by atoms with van der Waals surface area (Å²) in [5.41, 5.74) is 0. The number of hydrogen-bond donors (Lipinski definition) is 0. The van der Waals surface area contributed by atoms with Gasteiger partial charge in [-0.1, -0.05) is 67.3 Å². The number of rotatable bonds is 11. The molecule has 0 aromatic carbocycles. The molecule has 0 spiro atoms. The molecule has 14 heavy (non-hydrogen) atoms. The van der Waals surface area contributed by atoms with Crippen molar-refractivity contribution in [2.24, 2.45) is 0 Å². The normalized spacial score (nSPS) is 10.7. The lowest BCUT2D eigenvalue weighted by Gasteiger charge is -2.00. The third-order valence-electron chi connectivity index (χ3n) is 2.53. The van der Waals surface area contributed by atoms with E-state index >= 15 is 0 Å². The van der Waals surface area contributed by atoms with E-state index < -0.39 is 0 Å². The Balaban J connectivity index is 2.78. The lowest BCUT2D eigenvalue weighted by molar-refractivity contribution is 0.186. The van der Waals surface area contributed by atoms with Gasteiger partial charge in [0, 0.05) is 5.33 Å². The molecular formula is C12H24BrO. The third-order valence-corrected chi connectivity index (χ3v) is 3.09. The van der Waals surface area contributed by atoms with Gasteiger partial charge in [0.05, 0.1) is 6.61 Å². The van der Waals surface area contributed by atoms with Crippen molar-refractivity contribution in [3.05, 3.63) is 0 Å². The summed E-state index contributed by atoms with van der Waals surface area (Å²) in [6, 6.07) is 0. The first-order valence-corrected chi connectivity index (χ1v) is 7.18. The van der Waals surface area contributed by atoms with Crippen molar-refractivity contribution >= 4 is 15.9 Å². The van der Waals surface area contributed by atoms with Crippen LogP contribution in [0.2, 0.25) is 0 Å². The molecule has 2 heteroatoms. The Labute approximate surface area is 97.4 Å². The lowest BCUT2D eigenvalue weighted by atomic mass is 10.1. The molecule has 0 amide bonds. The fraction of sp³-hybridized carbons (Fsp3) is 1.00. The molecule has 0 rings (SSSR count). The molecule has 85 valence electrons. The molecule has 0 unspecified atom stereocenters. The van der Waals surface area contributed by atoms with Gasteiger partial charge in [0.15, 0.2) is 0 Å². The zero-order chi connectivity index (χ0) is 10.5. The minimum Gasteiger partial charge on any atom is -0.237 e. The summed E-state index contributed by atoms with van der Waals surface area (Å²) in [6.07, 6.45) is 12.9. The van der Waals surface area contributed by atoms with Crippen LogP contribution in [-0.2, 0) is 5.11 Å². The maximum absolute atomic E-state index is 10.2. The SMILES string of the molecule is [O]CCCCCCCCCCCCBr. The van der Waals surface area contributed by atoms with E-state index in [1.807, 2.05) is 0 Å². The van der Waals surface area contributed by atoms with E-state index in [1.54, 1.807) is 0 Å². The number of halogens is 1. The third kappa shape index (κ3) is 12.4. The second-order valence-electron chi connectivity index (χ2n) is 3.93. The minimum atomic E-state index is 0.118. The molecular weight excluding hydrogens is 240 g/mol. The van der Waals surface area contributed by atoms with Crippen LogP contribution in [0.25, 0.3) is 0 Å². The zero-order valence-corrected chi connectivity index (χ0v) is 10.9. The summed E-state index contributed by atoms with van der Waals surface area (Å²) in [5.74, 6) is 0. The molecule has 1 nitrogen and oxygen atoms in total. The number of hydrogen-bond acceptors (Lipinski definition) is 0. The topological polar surface area (TPSA) is 19.9 Å². The standard InChI is InChI=1S/C12H24BrO/c13-11-9-7-5-3-1-2-4-6-8-10-12-14/h1-12H2. The van der Waals surface area contributed by atoms with Crippen LogP contribution in [0.3, 0.4) is 0 Å². The van der Waals surface area contributed by atoms with Crippen LogP contribution in [0, 0.1) is 0 Å². The second-order valence-corrected chi connectivity index (χ2v) is 4.72. The van der Waals surface area contributed by atoms with E-state index in [0.717, 1.165) is 18.2 Å². The maximum atomic E-state index is 10.2. The highest BCUT2D eigenvalue weighted by atomic mass is 79.9. The Bertz CT molecular complexity index is 84.3. The summed E-state index contributed by atoms with van der Waals surface area (Å²) < 4.78 is 0. The van der Waals surface area contributed by atoms with Crippen molar-refractivity contribution in [3.63, 3.8) is 0 Å². The highest BCUT2D eigenvalue weighted by Crippen LogP contribution is 2.10. The predicted octanol–water partition coefficient (Wildman–Crippen LogP) is 4.71. The Morgan fingerprint density at radius 3 is 1.29 bits per heavy atom. The van der Waals surface area contributed by atoms with Crippen molar-refractivity contribution < 1.29 is 5.11 Å². The molecule has 0 bridgehead atoms. The van der Waals surface area contributed by atoms with Gasteiger partial charge in [0.25, 0.3) is 0 Å². The van der Waals surface area contributed by atoms with E-state index in [1.165, 1.54) is 51.4 Å². The first-order valence-electron chi connectivity index (χ1n) is 6.06. The van der Waals surface area contributed by atoms with Gasteiger partial charge in [-0.25, -0.2) is 5.11 Å². The summed E-state index contributed by atoms with van der Waals surface area (Å²) >= 11 is 3.44. The Hall–Kier alpha value is 0.440. The summed E-state index contributed by atoms with van der Waals surface area (Å²) in [6.45, 7) is 0.118. The zero-order valence-electron chi connectivity index (χ0n) is 9.27. The molecule has 0 heterocycles. The molecule has 0 fully saturated rings. The van der Waals surface area contributed by atoms with Crippen LogP contribution in [-0.4, -0.2) is 11.9 Å². The Morgan fingerprint density at radius 2 is 0.929 bits per heavy atom. The quantitative estimate of drug-likeness (QED) is 0.380. The number of alkyl halides is 1. The van der Waals surface area contributed by atoms with Crippen molar-refractivity contribution in [3.8, 4) is 0 Å². The fourth-order valence-corrected chi connectivity index (χ4v) is 2.01. The van der Waals surface area contributed by atoms with Gasteiger partial charge >= 0.3 is 0 Å².